The SMILES string of the molecule is CCOCCn1cc(C2CCN(CC(CC(=O)O)S(=O)O)CC2)c2ccccc21. The molecule has 1 aliphatic heterocycles. The van der Waals surface area contributed by atoms with Gasteiger partial charge < -0.3 is 23.9 Å². The number of nitrogens with zero attached hydrogens (tertiary/aromatic N) is 2. The Morgan fingerprint density at radius 2 is 2.03 bits per heavy atom. The second-order valence-corrected chi connectivity index (χ2v) is 8.78. The summed E-state index contributed by atoms with van der Waals surface area (Å²) < 4.78 is 28.7. The Hall–Kier alpha value is -1.74. The van der Waals surface area contributed by atoms with Gasteiger partial charge in [-0.15, -0.1) is 0 Å². The summed E-state index contributed by atoms with van der Waals surface area (Å²) in [6.07, 6.45) is 3.88. The van der Waals surface area contributed by atoms with Crippen molar-refractivity contribution >= 4 is 28.0 Å². The van der Waals surface area contributed by atoms with Gasteiger partial charge >= 0.3 is 5.97 Å². The van der Waals surface area contributed by atoms with Crippen molar-refractivity contribution in [3.63, 3.8) is 0 Å². The van der Waals surface area contributed by atoms with Gasteiger partial charge in [-0.3, -0.25) is 4.79 Å². The van der Waals surface area contributed by atoms with Crippen LogP contribution in [-0.4, -0.2) is 67.4 Å². The molecule has 7 nitrogen and oxygen atoms in total. The van der Waals surface area contributed by atoms with E-state index in [1.54, 1.807) is 0 Å². The number of likely N-dealkylation sites (tertiary alicyclic amines) is 1. The highest BCUT2D eigenvalue weighted by molar-refractivity contribution is 7.80. The first-order valence-corrected chi connectivity index (χ1v) is 11.4. The lowest BCUT2D eigenvalue weighted by atomic mass is 9.89. The maximum Gasteiger partial charge on any atom is 0.304 e. The summed E-state index contributed by atoms with van der Waals surface area (Å²) >= 11 is -2.13. The van der Waals surface area contributed by atoms with E-state index >= 15 is 0 Å². The fourth-order valence-electron chi connectivity index (χ4n) is 4.20. The van der Waals surface area contributed by atoms with E-state index in [9.17, 15) is 13.6 Å². The predicted molar refractivity (Wildman–Crippen MR) is 114 cm³/mol. The number of para-hydroxylation sites is 1. The van der Waals surface area contributed by atoms with Gasteiger partial charge in [-0.2, -0.15) is 0 Å². The first-order valence-electron chi connectivity index (χ1n) is 10.2. The zero-order chi connectivity index (χ0) is 20.8. The Labute approximate surface area is 173 Å². The molecule has 2 unspecified atom stereocenters. The maximum atomic E-state index is 11.5. The fraction of sp³-hybridized carbons (Fsp3) is 0.571. The van der Waals surface area contributed by atoms with E-state index in [2.05, 4.69) is 39.9 Å². The van der Waals surface area contributed by atoms with Gasteiger partial charge in [-0.25, -0.2) is 4.21 Å². The van der Waals surface area contributed by atoms with Crippen LogP contribution in [0.25, 0.3) is 10.9 Å². The maximum absolute atomic E-state index is 11.5. The van der Waals surface area contributed by atoms with E-state index < -0.39 is 22.3 Å². The van der Waals surface area contributed by atoms with Crippen LogP contribution in [0, 0.1) is 0 Å². The van der Waals surface area contributed by atoms with Gasteiger partial charge in [0.15, 0.2) is 11.1 Å². The summed E-state index contributed by atoms with van der Waals surface area (Å²) in [6.45, 7) is 6.18. The third kappa shape index (κ3) is 5.66. The lowest BCUT2D eigenvalue weighted by molar-refractivity contribution is -0.137. The largest absolute Gasteiger partial charge is 0.481 e. The molecule has 1 aromatic carbocycles. The second kappa shape index (κ2) is 10.3. The van der Waals surface area contributed by atoms with Crippen LogP contribution in [0.4, 0.5) is 0 Å². The molecule has 0 saturated carbocycles. The second-order valence-electron chi connectivity index (χ2n) is 7.56. The molecule has 0 radical (unpaired) electrons. The lowest BCUT2D eigenvalue weighted by Gasteiger charge is -2.33. The molecule has 0 aliphatic carbocycles. The van der Waals surface area contributed by atoms with E-state index in [1.807, 2.05) is 6.92 Å². The molecule has 0 amide bonds. The van der Waals surface area contributed by atoms with Crippen LogP contribution in [0.15, 0.2) is 30.5 Å². The Bertz CT molecular complexity index is 845. The van der Waals surface area contributed by atoms with Crippen molar-refractivity contribution < 1.29 is 23.4 Å². The van der Waals surface area contributed by atoms with Crippen LogP contribution in [-0.2, 0) is 27.2 Å². The molecule has 1 saturated heterocycles. The number of carboxylic acid groups (broad SMARTS) is 1. The van der Waals surface area contributed by atoms with E-state index in [0.29, 0.717) is 25.7 Å². The molecule has 2 heterocycles. The summed E-state index contributed by atoms with van der Waals surface area (Å²) in [5, 5.41) is 9.49. The standard InChI is InChI=1S/C21H30N2O5S/c1-2-28-12-11-23-15-19(18-5-3-4-6-20(18)23)16-7-9-22(10-8-16)14-17(29(26)27)13-21(24)25/h3-6,15-17H,2,7-14H2,1H3,(H,24,25)(H,26,27). The van der Waals surface area contributed by atoms with Crippen LogP contribution in [0.5, 0.6) is 0 Å². The minimum atomic E-state index is -2.13. The minimum Gasteiger partial charge on any atom is -0.481 e. The monoisotopic (exact) mass is 422 g/mol. The molecular formula is C21H30N2O5S. The van der Waals surface area contributed by atoms with E-state index in [-0.39, 0.29) is 6.42 Å². The molecular weight excluding hydrogens is 392 g/mol. The molecule has 1 aromatic heterocycles. The number of aromatic nitrogens is 1. The topological polar surface area (TPSA) is 92.0 Å². The molecule has 0 bridgehead atoms. The van der Waals surface area contributed by atoms with Crippen LogP contribution in [0.2, 0.25) is 0 Å². The zero-order valence-corrected chi connectivity index (χ0v) is 17.6. The number of aliphatic carboxylic acids is 1. The smallest absolute Gasteiger partial charge is 0.304 e. The third-order valence-electron chi connectivity index (χ3n) is 5.68. The number of benzene rings is 1. The van der Waals surface area contributed by atoms with E-state index in [0.717, 1.165) is 32.5 Å². The van der Waals surface area contributed by atoms with E-state index in [4.69, 9.17) is 9.84 Å². The van der Waals surface area contributed by atoms with Crippen molar-refractivity contribution in [3.8, 4) is 0 Å². The number of fused-ring (bicyclic) bond motifs is 1. The van der Waals surface area contributed by atoms with E-state index in [1.165, 1.54) is 16.5 Å². The number of carbonyl (C=O) groups is 1. The number of hydrogen-bond acceptors (Lipinski definition) is 4. The molecule has 160 valence electrons. The Balaban J connectivity index is 1.67. The molecule has 1 aliphatic rings. The molecule has 0 spiro atoms. The number of carboxylic acids is 1. The first kappa shape index (κ1) is 22.0. The number of rotatable bonds is 10. The average molecular weight is 423 g/mol. The first-order chi connectivity index (χ1) is 14.0. The molecule has 29 heavy (non-hydrogen) atoms. The van der Waals surface area contributed by atoms with Crippen molar-refractivity contribution in [2.75, 3.05) is 32.8 Å². The van der Waals surface area contributed by atoms with Crippen LogP contribution in [0.1, 0.15) is 37.7 Å². The summed E-state index contributed by atoms with van der Waals surface area (Å²) in [7, 11) is 0. The Kier molecular flexibility index (Phi) is 7.83. The normalized spacial score (nSPS) is 18.1. The Morgan fingerprint density at radius 1 is 1.31 bits per heavy atom. The number of ether oxygens (including phenoxy) is 1. The van der Waals surface area contributed by atoms with Crippen molar-refractivity contribution in [3.05, 3.63) is 36.0 Å². The van der Waals surface area contributed by atoms with Crippen molar-refractivity contribution in [2.45, 2.75) is 43.9 Å². The van der Waals surface area contributed by atoms with Gasteiger partial charge in [-0.05, 0) is 50.4 Å². The van der Waals surface area contributed by atoms with Gasteiger partial charge in [0.1, 0.15) is 0 Å². The number of piperidine rings is 1. The third-order valence-corrected chi connectivity index (χ3v) is 6.56. The van der Waals surface area contributed by atoms with Gasteiger partial charge in [0.2, 0.25) is 0 Å². The molecule has 2 N–H and O–H groups in total. The molecule has 2 atom stereocenters. The Morgan fingerprint density at radius 3 is 2.69 bits per heavy atom. The van der Waals surface area contributed by atoms with Gasteiger partial charge in [0.05, 0.1) is 18.3 Å². The van der Waals surface area contributed by atoms with Crippen molar-refractivity contribution in [2.24, 2.45) is 0 Å². The summed E-state index contributed by atoms with van der Waals surface area (Å²) in [5.41, 5.74) is 2.58. The highest BCUT2D eigenvalue weighted by Gasteiger charge is 2.27. The van der Waals surface area contributed by atoms with Crippen LogP contribution in [0.3, 0.4) is 0 Å². The summed E-state index contributed by atoms with van der Waals surface area (Å²) in [5.74, 6) is -0.603. The van der Waals surface area contributed by atoms with Crippen molar-refractivity contribution in [1.82, 2.24) is 9.47 Å². The zero-order valence-electron chi connectivity index (χ0n) is 16.8. The van der Waals surface area contributed by atoms with Gasteiger partial charge in [-0.1, -0.05) is 18.2 Å². The molecule has 3 rings (SSSR count). The molecule has 8 heteroatoms. The van der Waals surface area contributed by atoms with Gasteiger partial charge in [0.25, 0.3) is 0 Å². The highest BCUT2D eigenvalue weighted by Crippen LogP contribution is 2.34. The predicted octanol–water partition coefficient (Wildman–Crippen LogP) is 2.92. The summed E-state index contributed by atoms with van der Waals surface area (Å²) in [4.78, 5) is 13.1. The van der Waals surface area contributed by atoms with Gasteiger partial charge in [0, 0.05) is 36.8 Å². The lowest BCUT2D eigenvalue weighted by Crippen LogP contribution is -2.40. The quantitative estimate of drug-likeness (QED) is 0.452. The number of hydrogen-bond donors (Lipinski definition) is 2. The molecule has 2 aromatic rings. The molecule has 1 fully saturated rings. The average Bonchev–Trinajstić information content (AvgIpc) is 3.07. The highest BCUT2D eigenvalue weighted by atomic mass is 32.2. The van der Waals surface area contributed by atoms with Crippen molar-refractivity contribution in [1.29, 1.82) is 0 Å². The minimum absolute atomic E-state index is 0.281. The van der Waals surface area contributed by atoms with Crippen LogP contribution < -0.4 is 0 Å². The summed E-state index contributed by atoms with van der Waals surface area (Å²) in [6, 6.07) is 8.45. The van der Waals surface area contributed by atoms with Crippen LogP contribution >= 0.6 is 0 Å². The fourth-order valence-corrected chi connectivity index (χ4v) is 4.83.